The summed E-state index contributed by atoms with van der Waals surface area (Å²) < 4.78 is 24.7. The average molecular weight is 280 g/mol. The van der Waals surface area contributed by atoms with Crippen LogP contribution >= 0.6 is 0 Å². The summed E-state index contributed by atoms with van der Waals surface area (Å²) in [6, 6.07) is 3.27. The molecule has 2 atom stereocenters. The third-order valence-corrected chi connectivity index (χ3v) is 4.61. The van der Waals surface area contributed by atoms with Gasteiger partial charge in [-0.1, -0.05) is 0 Å². The Kier molecular flexibility index (Phi) is 3.75. The van der Waals surface area contributed by atoms with Gasteiger partial charge in [-0.25, -0.2) is 4.39 Å². The Morgan fingerprint density at radius 1 is 1.30 bits per heavy atom. The molecule has 0 amide bonds. The quantitative estimate of drug-likeness (QED) is 0.917. The van der Waals surface area contributed by atoms with E-state index in [9.17, 15) is 4.39 Å². The average Bonchev–Trinajstić information content (AvgIpc) is 2.87. The van der Waals surface area contributed by atoms with Crippen LogP contribution in [0.25, 0.3) is 0 Å². The first-order valence-electron chi connectivity index (χ1n) is 7.22. The molecule has 0 radical (unpaired) electrons. The summed E-state index contributed by atoms with van der Waals surface area (Å²) in [6.45, 7) is 2.66. The van der Waals surface area contributed by atoms with Crippen LogP contribution in [0.1, 0.15) is 31.4 Å². The Morgan fingerprint density at radius 2 is 2.20 bits per heavy atom. The number of ether oxygens (including phenoxy) is 2. The van der Waals surface area contributed by atoms with E-state index in [2.05, 4.69) is 4.98 Å². The van der Waals surface area contributed by atoms with Crippen molar-refractivity contribution in [3.8, 4) is 0 Å². The van der Waals surface area contributed by atoms with Crippen molar-refractivity contribution < 1.29 is 13.9 Å². The normalized spacial score (nSPS) is 33.7. The summed E-state index contributed by atoms with van der Waals surface area (Å²) in [5.74, 6) is -0.303. The number of nitrogens with two attached hydrogens (primary N) is 1. The molecule has 0 bridgehead atoms. The molecule has 2 saturated heterocycles. The van der Waals surface area contributed by atoms with Crippen molar-refractivity contribution in [2.45, 2.75) is 36.7 Å². The Morgan fingerprint density at radius 3 is 2.85 bits per heavy atom. The van der Waals surface area contributed by atoms with Gasteiger partial charge in [-0.3, -0.25) is 4.98 Å². The van der Waals surface area contributed by atoms with Crippen molar-refractivity contribution in [1.29, 1.82) is 0 Å². The fraction of sp³-hybridized carbons (Fsp3) is 0.667. The van der Waals surface area contributed by atoms with Crippen LogP contribution in [0.4, 0.5) is 4.39 Å². The Bertz CT molecular complexity index is 455. The zero-order valence-electron chi connectivity index (χ0n) is 11.6. The summed E-state index contributed by atoms with van der Waals surface area (Å²) >= 11 is 0. The highest BCUT2D eigenvalue weighted by molar-refractivity contribution is 5.21. The highest BCUT2D eigenvalue weighted by Gasteiger charge is 2.48. The topological polar surface area (TPSA) is 57.4 Å². The van der Waals surface area contributed by atoms with Crippen molar-refractivity contribution in [2.75, 3.05) is 26.4 Å². The van der Waals surface area contributed by atoms with Crippen LogP contribution in [0.5, 0.6) is 0 Å². The summed E-state index contributed by atoms with van der Waals surface area (Å²) in [5.41, 5.74) is 6.43. The molecule has 2 N–H and O–H groups in total. The van der Waals surface area contributed by atoms with Gasteiger partial charge in [-0.2, -0.15) is 0 Å². The van der Waals surface area contributed by atoms with Gasteiger partial charge >= 0.3 is 0 Å². The third-order valence-electron chi connectivity index (χ3n) is 4.61. The lowest BCUT2D eigenvalue weighted by atomic mass is 9.68. The fourth-order valence-corrected chi connectivity index (χ4v) is 3.59. The van der Waals surface area contributed by atoms with E-state index < -0.39 is 0 Å². The van der Waals surface area contributed by atoms with Crippen LogP contribution < -0.4 is 5.73 Å². The molecule has 110 valence electrons. The number of aromatic nitrogens is 1. The maximum absolute atomic E-state index is 13.1. The first kappa shape index (κ1) is 13.9. The molecule has 2 aliphatic rings. The second-order valence-electron chi connectivity index (χ2n) is 5.94. The van der Waals surface area contributed by atoms with E-state index in [1.807, 2.05) is 0 Å². The lowest BCUT2D eigenvalue weighted by Gasteiger charge is -2.45. The zero-order valence-corrected chi connectivity index (χ0v) is 11.6. The van der Waals surface area contributed by atoms with E-state index in [1.54, 1.807) is 6.07 Å². The lowest BCUT2D eigenvalue weighted by molar-refractivity contribution is -0.108. The number of nitrogens with zero attached hydrogens (tertiary/aromatic N) is 1. The van der Waals surface area contributed by atoms with Crippen LogP contribution in [0.2, 0.25) is 0 Å². The number of halogens is 1. The first-order valence-corrected chi connectivity index (χ1v) is 7.22. The predicted molar refractivity (Wildman–Crippen MR) is 72.9 cm³/mol. The van der Waals surface area contributed by atoms with Crippen LogP contribution in [0, 0.1) is 5.82 Å². The van der Waals surface area contributed by atoms with Crippen molar-refractivity contribution in [2.24, 2.45) is 5.73 Å². The maximum atomic E-state index is 13.1. The van der Waals surface area contributed by atoms with Crippen LogP contribution in [0.15, 0.2) is 18.3 Å². The summed E-state index contributed by atoms with van der Waals surface area (Å²) in [7, 11) is 0. The minimum absolute atomic E-state index is 0.117. The standard InChI is InChI=1S/C15H21FN2O2/c16-12-1-2-13(18-9-12)14(3-6-17)4-8-20-15(10-14)5-7-19-11-15/h1-2,9H,3-8,10-11,17H2/t14-,15-/m1/s1. The number of hydrogen-bond donors (Lipinski definition) is 1. The van der Waals surface area contributed by atoms with E-state index in [0.29, 0.717) is 19.8 Å². The highest BCUT2D eigenvalue weighted by atomic mass is 19.1. The molecular weight excluding hydrogens is 259 g/mol. The minimum atomic E-state index is -0.303. The molecule has 2 fully saturated rings. The molecule has 4 nitrogen and oxygen atoms in total. The van der Waals surface area contributed by atoms with E-state index in [-0.39, 0.29) is 16.8 Å². The molecular formula is C15H21FN2O2. The molecule has 20 heavy (non-hydrogen) atoms. The molecule has 1 aromatic rings. The first-order chi connectivity index (χ1) is 9.68. The van der Waals surface area contributed by atoms with Gasteiger partial charge in [0.1, 0.15) is 5.82 Å². The van der Waals surface area contributed by atoms with Crippen LogP contribution in [0.3, 0.4) is 0 Å². The molecule has 2 aliphatic heterocycles. The lowest BCUT2D eigenvalue weighted by Crippen LogP contribution is -2.49. The monoisotopic (exact) mass is 280 g/mol. The summed E-state index contributed by atoms with van der Waals surface area (Å²) in [4.78, 5) is 4.32. The van der Waals surface area contributed by atoms with Gasteiger partial charge in [0.25, 0.3) is 0 Å². The molecule has 3 rings (SSSR count). The summed E-state index contributed by atoms with van der Waals surface area (Å²) in [5, 5.41) is 0. The third kappa shape index (κ3) is 2.45. The number of pyridine rings is 1. The SMILES string of the molecule is NCC[C@@]1(c2ccc(F)cn2)CCO[C@]2(CCOC2)C1. The predicted octanol–water partition coefficient (Wildman–Crippen LogP) is 1.78. The van der Waals surface area contributed by atoms with Gasteiger partial charge in [-0.05, 0) is 37.9 Å². The highest BCUT2D eigenvalue weighted by Crippen LogP contribution is 2.46. The second-order valence-corrected chi connectivity index (χ2v) is 5.94. The van der Waals surface area contributed by atoms with Gasteiger partial charge in [0.15, 0.2) is 0 Å². The molecule has 0 unspecified atom stereocenters. The fourth-order valence-electron chi connectivity index (χ4n) is 3.59. The Hall–Kier alpha value is -1.04. The van der Waals surface area contributed by atoms with Crippen LogP contribution in [-0.2, 0) is 14.9 Å². The molecule has 3 heterocycles. The molecule has 5 heteroatoms. The molecule has 0 saturated carbocycles. The van der Waals surface area contributed by atoms with Gasteiger partial charge in [0, 0.05) is 30.7 Å². The van der Waals surface area contributed by atoms with Crippen molar-refractivity contribution in [1.82, 2.24) is 4.98 Å². The van der Waals surface area contributed by atoms with Crippen LogP contribution in [-0.4, -0.2) is 37.0 Å². The largest absolute Gasteiger partial charge is 0.378 e. The van der Waals surface area contributed by atoms with E-state index in [1.165, 1.54) is 12.3 Å². The second kappa shape index (κ2) is 5.39. The van der Waals surface area contributed by atoms with Gasteiger partial charge < -0.3 is 15.2 Å². The minimum Gasteiger partial charge on any atom is -0.378 e. The van der Waals surface area contributed by atoms with Gasteiger partial charge in [-0.15, -0.1) is 0 Å². The summed E-state index contributed by atoms with van der Waals surface area (Å²) in [6.07, 6.45) is 4.79. The van der Waals surface area contributed by atoms with Crippen molar-refractivity contribution in [3.63, 3.8) is 0 Å². The van der Waals surface area contributed by atoms with Crippen molar-refractivity contribution in [3.05, 3.63) is 29.8 Å². The van der Waals surface area contributed by atoms with E-state index >= 15 is 0 Å². The Balaban J connectivity index is 1.92. The zero-order chi connectivity index (χ0) is 14.1. The van der Waals surface area contributed by atoms with Crippen molar-refractivity contribution >= 4 is 0 Å². The van der Waals surface area contributed by atoms with Gasteiger partial charge in [0.05, 0.1) is 18.4 Å². The van der Waals surface area contributed by atoms with E-state index in [0.717, 1.165) is 38.0 Å². The molecule has 1 spiro atoms. The molecule has 0 aliphatic carbocycles. The maximum Gasteiger partial charge on any atom is 0.141 e. The smallest absolute Gasteiger partial charge is 0.141 e. The molecule has 1 aromatic heterocycles. The number of hydrogen-bond acceptors (Lipinski definition) is 4. The molecule has 0 aromatic carbocycles. The Labute approximate surface area is 118 Å². The van der Waals surface area contributed by atoms with Gasteiger partial charge in [0.2, 0.25) is 0 Å². The van der Waals surface area contributed by atoms with E-state index in [4.69, 9.17) is 15.2 Å². The number of rotatable bonds is 3.